The Labute approximate surface area is 131 Å². The van der Waals surface area contributed by atoms with Crippen LogP contribution in [-0.2, 0) is 0 Å². The van der Waals surface area contributed by atoms with E-state index in [1.54, 1.807) is 0 Å². The fourth-order valence-electron chi connectivity index (χ4n) is 2.18. The molecule has 2 rings (SSSR count). The van der Waals surface area contributed by atoms with Crippen LogP contribution in [0.5, 0.6) is 11.5 Å². The highest BCUT2D eigenvalue weighted by molar-refractivity contribution is 7.99. The zero-order valence-electron chi connectivity index (χ0n) is 12.8. The maximum atomic E-state index is 9.07. The first-order valence-electron chi connectivity index (χ1n) is 7.50. The molecule has 2 atom stereocenters. The number of nitrogens with one attached hydrogen (secondary N) is 1. The highest BCUT2D eigenvalue weighted by atomic mass is 32.2. The standard InChI is InChI=1S/C16H25NO3S/c1-12(9-18)10-21-11-14(17-2)13-4-5-15-16(8-13)20-7-3-6-19-15/h4-5,8,12,14,17-18H,3,6-7,9-11H2,1-2H3. The first kappa shape index (κ1) is 16.5. The number of hydrogen-bond donors (Lipinski definition) is 2. The van der Waals surface area contributed by atoms with Crippen LogP contribution in [0, 0.1) is 5.92 Å². The third kappa shape index (κ3) is 4.80. The van der Waals surface area contributed by atoms with Gasteiger partial charge in [0.15, 0.2) is 11.5 Å². The molecule has 118 valence electrons. The van der Waals surface area contributed by atoms with Crippen molar-refractivity contribution in [3.05, 3.63) is 23.8 Å². The quantitative estimate of drug-likeness (QED) is 0.810. The van der Waals surface area contributed by atoms with Crippen molar-refractivity contribution in [1.29, 1.82) is 0 Å². The van der Waals surface area contributed by atoms with E-state index in [9.17, 15) is 0 Å². The van der Waals surface area contributed by atoms with Crippen molar-refractivity contribution in [2.45, 2.75) is 19.4 Å². The Bertz CT molecular complexity index is 442. The molecular weight excluding hydrogens is 286 g/mol. The summed E-state index contributed by atoms with van der Waals surface area (Å²) in [6, 6.07) is 6.46. The zero-order valence-corrected chi connectivity index (χ0v) is 13.6. The second kappa shape index (κ2) is 8.51. The van der Waals surface area contributed by atoms with Crippen molar-refractivity contribution in [3.8, 4) is 11.5 Å². The van der Waals surface area contributed by atoms with Crippen molar-refractivity contribution in [2.75, 3.05) is 38.4 Å². The first-order chi connectivity index (χ1) is 10.2. The summed E-state index contributed by atoms with van der Waals surface area (Å²) in [7, 11) is 1.98. The van der Waals surface area contributed by atoms with E-state index in [2.05, 4.69) is 24.4 Å². The number of aliphatic hydroxyl groups is 1. The second-order valence-corrected chi connectivity index (χ2v) is 6.50. The number of ether oxygens (including phenoxy) is 2. The van der Waals surface area contributed by atoms with Gasteiger partial charge >= 0.3 is 0 Å². The molecule has 0 amide bonds. The predicted octanol–water partition coefficient (Wildman–Crippen LogP) is 2.47. The SMILES string of the molecule is CNC(CSCC(C)CO)c1ccc2c(c1)OCCCO2. The Morgan fingerprint density at radius 1 is 1.24 bits per heavy atom. The van der Waals surface area contributed by atoms with Gasteiger partial charge in [-0.3, -0.25) is 0 Å². The third-order valence-electron chi connectivity index (χ3n) is 3.52. The zero-order chi connectivity index (χ0) is 15.1. The molecule has 2 unspecified atom stereocenters. The Hall–Kier alpha value is -0.910. The average molecular weight is 311 g/mol. The fourth-order valence-corrected chi connectivity index (χ4v) is 3.42. The van der Waals surface area contributed by atoms with Crippen LogP contribution in [0.3, 0.4) is 0 Å². The van der Waals surface area contributed by atoms with Crippen LogP contribution < -0.4 is 14.8 Å². The molecule has 4 nitrogen and oxygen atoms in total. The highest BCUT2D eigenvalue weighted by Crippen LogP contribution is 2.33. The lowest BCUT2D eigenvalue weighted by molar-refractivity contribution is 0.250. The largest absolute Gasteiger partial charge is 0.490 e. The van der Waals surface area contributed by atoms with Crippen molar-refractivity contribution < 1.29 is 14.6 Å². The van der Waals surface area contributed by atoms with Gasteiger partial charge < -0.3 is 19.9 Å². The van der Waals surface area contributed by atoms with Gasteiger partial charge in [-0.25, -0.2) is 0 Å². The number of thioether (sulfide) groups is 1. The van der Waals surface area contributed by atoms with Gasteiger partial charge in [0.1, 0.15) is 0 Å². The van der Waals surface area contributed by atoms with Crippen molar-refractivity contribution in [3.63, 3.8) is 0 Å². The number of aliphatic hydroxyl groups excluding tert-OH is 1. The number of fused-ring (bicyclic) bond motifs is 1. The maximum Gasteiger partial charge on any atom is 0.161 e. The smallest absolute Gasteiger partial charge is 0.161 e. The lowest BCUT2D eigenvalue weighted by atomic mass is 10.1. The Morgan fingerprint density at radius 3 is 2.71 bits per heavy atom. The molecule has 0 fully saturated rings. The van der Waals surface area contributed by atoms with Crippen LogP contribution in [0.4, 0.5) is 0 Å². The van der Waals surface area contributed by atoms with Gasteiger partial charge in [-0.1, -0.05) is 13.0 Å². The molecule has 1 aromatic rings. The highest BCUT2D eigenvalue weighted by Gasteiger charge is 2.15. The summed E-state index contributed by atoms with van der Waals surface area (Å²) >= 11 is 1.86. The molecule has 0 saturated heterocycles. The van der Waals surface area contributed by atoms with Gasteiger partial charge in [0.25, 0.3) is 0 Å². The molecule has 0 aliphatic carbocycles. The molecule has 0 radical (unpaired) electrons. The number of rotatable bonds is 7. The van der Waals surface area contributed by atoms with Crippen LogP contribution >= 0.6 is 11.8 Å². The van der Waals surface area contributed by atoms with Crippen molar-refractivity contribution >= 4 is 11.8 Å². The van der Waals surface area contributed by atoms with Crippen molar-refractivity contribution in [2.24, 2.45) is 5.92 Å². The molecule has 2 N–H and O–H groups in total. The molecule has 0 spiro atoms. The molecule has 0 aromatic heterocycles. The van der Waals surface area contributed by atoms with Crippen LogP contribution in [0.1, 0.15) is 24.9 Å². The van der Waals surface area contributed by atoms with Gasteiger partial charge in [-0.05, 0) is 36.4 Å². The van der Waals surface area contributed by atoms with Crippen LogP contribution in [0.15, 0.2) is 18.2 Å². The van der Waals surface area contributed by atoms with Crippen LogP contribution in [0.2, 0.25) is 0 Å². The van der Waals surface area contributed by atoms with Gasteiger partial charge in [-0.15, -0.1) is 0 Å². The molecule has 5 heteroatoms. The van der Waals surface area contributed by atoms with Gasteiger partial charge in [-0.2, -0.15) is 11.8 Å². The van der Waals surface area contributed by atoms with Gasteiger partial charge in [0.05, 0.1) is 13.2 Å². The normalized spacial score (nSPS) is 17.1. The average Bonchev–Trinajstić information content (AvgIpc) is 2.75. The van der Waals surface area contributed by atoms with Crippen LogP contribution in [0.25, 0.3) is 0 Å². The first-order valence-corrected chi connectivity index (χ1v) is 8.65. The molecule has 1 aliphatic heterocycles. The Kier molecular flexibility index (Phi) is 6.67. The summed E-state index contributed by atoms with van der Waals surface area (Å²) in [6.07, 6.45) is 0.925. The summed E-state index contributed by atoms with van der Waals surface area (Å²) in [4.78, 5) is 0. The Morgan fingerprint density at radius 2 is 2.00 bits per heavy atom. The summed E-state index contributed by atoms with van der Waals surface area (Å²) in [5, 5.41) is 12.4. The monoisotopic (exact) mass is 311 g/mol. The van der Waals surface area contributed by atoms with E-state index in [1.165, 1.54) is 5.56 Å². The summed E-state index contributed by atoms with van der Waals surface area (Å²) in [5.74, 6) is 3.97. The maximum absolute atomic E-state index is 9.07. The predicted molar refractivity (Wildman–Crippen MR) is 87.4 cm³/mol. The third-order valence-corrected chi connectivity index (χ3v) is 4.89. The second-order valence-electron chi connectivity index (χ2n) is 5.42. The summed E-state index contributed by atoms with van der Waals surface area (Å²) < 4.78 is 11.4. The lowest BCUT2D eigenvalue weighted by Gasteiger charge is -2.19. The van der Waals surface area contributed by atoms with E-state index in [4.69, 9.17) is 14.6 Å². The topological polar surface area (TPSA) is 50.7 Å². The number of hydrogen-bond acceptors (Lipinski definition) is 5. The minimum absolute atomic E-state index is 0.251. The fraction of sp³-hybridized carbons (Fsp3) is 0.625. The molecule has 1 heterocycles. The van der Waals surface area contributed by atoms with E-state index in [1.807, 2.05) is 24.9 Å². The van der Waals surface area contributed by atoms with E-state index in [-0.39, 0.29) is 12.6 Å². The van der Waals surface area contributed by atoms with Gasteiger partial charge in [0, 0.05) is 24.8 Å². The molecule has 0 saturated carbocycles. The number of benzene rings is 1. The lowest BCUT2D eigenvalue weighted by Crippen LogP contribution is -2.19. The molecular formula is C16H25NO3S. The molecule has 1 aromatic carbocycles. The van der Waals surface area contributed by atoms with Gasteiger partial charge in [0.2, 0.25) is 0 Å². The Balaban J connectivity index is 1.99. The molecule has 1 aliphatic rings. The molecule has 0 bridgehead atoms. The van der Waals surface area contributed by atoms with E-state index in [0.717, 1.165) is 36.0 Å². The van der Waals surface area contributed by atoms with E-state index < -0.39 is 0 Å². The minimum Gasteiger partial charge on any atom is -0.490 e. The van der Waals surface area contributed by atoms with Crippen LogP contribution in [-0.4, -0.2) is 43.5 Å². The molecule has 21 heavy (non-hydrogen) atoms. The van der Waals surface area contributed by atoms with Crippen molar-refractivity contribution in [1.82, 2.24) is 5.32 Å². The summed E-state index contributed by atoms with van der Waals surface area (Å²) in [6.45, 7) is 3.75. The minimum atomic E-state index is 0.251. The van der Waals surface area contributed by atoms with E-state index in [0.29, 0.717) is 12.5 Å². The van der Waals surface area contributed by atoms with E-state index >= 15 is 0 Å². The summed E-state index contributed by atoms with van der Waals surface area (Å²) in [5.41, 5.74) is 1.21.